The fourth-order valence-electron chi connectivity index (χ4n) is 4.13. The summed E-state index contributed by atoms with van der Waals surface area (Å²) >= 11 is 0. The summed E-state index contributed by atoms with van der Waals surface area (Å²) in [6.07, 6.45) is 1.52. The topological polar surface area (TPSA) is 75.2 Å². The van der Waals surface area contributed by atoms with Gasteiger partial charge in [0.1, 0.15) is 18.0 Å². The first-order chi connectivity index (χ1) is 17.9. The van der Waals surface area contributed by atoms with E-state index in [0.29, 0.717) is 12.4 Å². The molecule has 0 atom stereocenters. The largest absolute Gasteiger partial charge is 0.365 e. The average Bonchev–Trinajstić information content (AvgIpc) is 2.93. The van der Waals surface area contributed by atoms with E-state index < -0.39 is 15.8 Å². The Hall–Kier alpha value is -4.14. The minimum atomic E-state index is -3.75. The van der Waals surface area contributed by atoms with Crippen LogP contribution in [0.25, 0.3) is 22.0 Å². The van der Waals surface area contributed by atoms with Crippen LogP contribution in [-0.4, -0.2) is 29.7 Å². The summed E-state index contributed by atoms with van der Waals surface area (Å²) in [5.74, 6) is 0.236. The molecule has 0 aliphatic heterocycles. The molecule has 0 fully saturated rings. The van der Waals surface area contributed by atoms with Gasteiger partial charge in [0.25, 0.3) is 0 Å². The van der Waals surface area contributed by atoms with Crippen molar-refractivity contribution in [1.29, 1.82) is 0 Å². The molecule has 186 valence electrons. The molecule has 5 rings (SSSR count). The molecule has 0 aliphatic rings. The van der Waals surface area contributed by atoms with E-state index in [1.54, 1.807) is 30.3 Å². The van der Waals surface area contributed by atoms with E-state index in [9.17, 15) is 12.8 Å². The van der Waals surface area contributed by atoms with Gasteiger partial charge in [-0.15, -0.1) is 0 Å². The number of aromatic nitrogens is 2. The number of sulfonamides is 1. The number of hydrogen-bond acceptors (Lipinski definition) is 5. The summed E-state index contributed by atoms with van der Waals surface area (Å²) in [4.78, 5) is 8.97. The summed E-state index contributed by atoms with van der Waals surface area (Å²) in [7, 11) is -2.30. The molecular formula is C29H25FN4O2S. The van der Waals surface area contributed by atoms with Crippen molar-refractivity contribution in [2.24, 2.45) is 0 Å². The molecule has 4 aromatic carbocycles. The maximum atomic E-state index is 14.8. The highest BCUT2D eigenvalue weighted by molar-refractivity contribution is 7.89. The van der Waals surface area contributed by atoms with Crippen molar-refractivity contribution in [1.82, 2.24) is 14.3 Å². The lowest BCUT2D eigenvalue weighted by Gasteiger charge is -2.18. The number of anilines is 1. The van der Waals surface area contributed by atoms with E-state index in [1.165, 1.54) is 31.6 Å². The van der Waals surface area contributed by atoms with E-state index in [4.69, 9.17) is 0 Å². The van der Waals surface area contributed by atoms with E-state index in [-0.39, 0.29) is 17.0 Å². The minimum absolute atomic E-state index is 0.0997. The normalized spacial score (nSPS) is 11.6. The first kappa shape index (κ1) is 24.5. The van der Waals surface area contributed by atoms with Crippen molar-refractivity contribution in [3.8, 4) is 11.1 Å². The van der Waals surface area contributed by atoms with Crippen molar-refractivity contribution >= 4 is 26.7 Å². The molecule has 1 N–H and O–H groups in total. The molecule has 0 radical (unpaired) electrons. The molecule has 0 saturated carbocycles. The van der Waals surface area contributed by atoms with Gasteiger partial charge in [-0.1, -0.05) is 60.7 Å². The van der Waals surface area contributed by atoms with Gasteiger partial charge in [-0.05, 0) is 53.1 Å². The average molecular weight is 513 g/mol. The van der Waals surface area contributed by atoms with Crippen molar-refractivity contribution in [3.63, 3.8) is 0 Å². The summed E-state index contributed by atoms with van der Waals surface area (Å²) < 4.78 is 41.8. The minimum Gasteiger partial charge on any atom is -0.365 e. The van der Waals surface area contributed by atoms with Gasteiger partial charge in [-0.25, -0.2) is 22.8 Å². The summed E-state index contributed by atoms with van der Waals surface area (Å²) in [5.41, 5.74) is 3.81. The predicted molar refractivity (Wildman–Crippen MR) is 144 cm³/mol. The van der Waals surface area contributed by atoms with Gasteiger partial charge in [0.2, 0.25) is 10.0 Å². The fourth-order valence-corrected chi connectivity index (χ4v) is 5.30. The van der Waals surface area contributed by atoms with Crippen LogP contribution in [-0.2, 0) is 23.1 Å². The third-order valence-electron chi connectivity index (χ3n) is 6.16. The number of nitrogens with one attached hydrogen (secondary N) is 1. The molecule has 8 heteroatoms. The first-order valence-electron chi connectivity index (χ1n) is 11.7. The molecule has 0 unspecified atom stereocenters. The van der Waals surface area contributed by atoms with Crippen LogP contribution in [0.15, 0.2) is 108 Å². The fraction of sp³-hybridized carbons (Fsp3) is 0.103. The lowest BCUT2D eigenvalue weighted by Crippen LogP contribution is -2.26. The molecule has 37 heavy (non-hydrogen) atoms. The van der Waals surface area contributed by atoms with E-state index in [1.807, 2.05) is 48.5 Å². The Labute approximate surface area is 215 Å². The predicted octanol–water partition coefficient (Wildman–Crippen LogP) is 5.87. The molecule has 1 aromatic heterocycles. The Morgan fingerprint density at radius 1 is 0.838 bits per heavy atom. The Bertz CT molecular complexity index is 1650. The molecule has 6 nitrogen and oxygen atoms in total. The third-order valence-corrected chi connectivity index (χ3v) is 7.98. The molecular weight excluding hydrogens is 487 g/mol. The van der Waals surface area contributed by atoms with Crippen molar-refractivity contribution in [3.05, 3.63) is 120 Å². The van der Waals surface area contributed by atoms with Gasteiger partial charge in [-0.3, -0.25) is 0 Å². The lowest BCUT2D eigenvalue weighted by atomic mass is 10.0. The Balaban J connectivity index is 1.43. The number of benzene rings is 4. The van der Waals surface area contributed by atoms with E-state index in [2.05, 4.69) is 15.3 Å². The molecule has 0 saturated heterocycles. The van der Waals surface area contributed by atoms with Crippen LogP contribution in [0.3, 0.4) is 0 Å². The van der Waals surface area contributed by atoms with Gasteiger partial charge in [0, 0.05) is 31.1 Å². The zero-order valence-corrected chi connectivity index (χ0v) is 21.0. The summed E-state index contributed by atoms with van der Waals surface area (Å²) in [6.45, 7) is 0.511. The SMILES string of the molecule is CN(Cc1cc(-c2ccc3ncnc(NCc4ccccc4)c3c2)ccc1F)S(=O)(=O)c1ccccc1. The van der Waals surface area contributed by atoms with Gasteiger partial charge < -0.3 is 5.32 Å². The number of rotatable bonds is 8. The van der Waals surface area contributed by atoms with Gasteiger partial charge >= 0.3 is 0 Å². The Morgan fingerprint density at radius 2 is 1.51 bits per heavy atom. The number of halogens is 1. The number of nitrogens with zero attached hydrogens (tertiary/aromatic N) is 3. The standard InChI is InChI=1S/C29H25FN4O2S/c1-34(37(35,36)25-10-6-3-7-11-25)19-24-16-22(12-14-27(24)30)23-13-15-28-26(17-23)29(33-20-32-28)31-18-21-8-4-2-5-9-21/h2-17,20H,18-19H2,1H3,(H,31,32,33). The van der Waals surface area contributed by atoms with Crippen LogP contribution in [0.2, 0.25) is 0 Å². The van der Waals surface area contributed by atoms with Crippen LogP contribution in [0.1, 0.15) is 11.1 Å². The van der Waals surface area contributed by atoms with Gasteiger partial charge in [0.05, 0.1) is 10.4 Å². The first-order valence-corrected chi connectivity index (χ1v) is 13.2. The van der Waals surface area contributed by atoms with Crippen LogP contribution in [0, 0.1) is 5.82 Å². The molecule has 5 aromatic rings. The second-order valence-electron chi connectivity index (χ2n) is 8.67. The summed E-state index contributed by atoms with van der Waals surface area (Å²) in [6, 6.07) is 28.7. The van der Waals surface area contributed by atoms with Crippen LogP contribution in [0.5, 0.6) is 0 Å². The highest BCUT2D eigenvalue weighted by Crippen LogP contribution is 2.29. The lowest BCUT2D eigenvalue weighted by molar-refractivity contribution is 0.456. The van der Waals surface area contributed by atoms with Crippen LogP contribution >= 0.6 is 0 Å². The monoisotopic (exact) mass is 512 g/mol. The highest BCUT2D eigenvalue weighted by atomic mass is 32.2. The zero-order valence-electron chi connectivity index (χ0n) is 20.2. The second kappa shape index (κ2) is 10.5. The maximum absolute atomic E-state index is 14.8. The Kier molecular flexibility index (Phi) is 6.94. The third kappa shape index (κ3) is 5.35. The molecule has 0 amide bonds. The van der Waals surface area contributed by atoms with Gasteiger partial charge in [-0.2, -0.15) is 4.31 Å². The highest BCUT2D eigenvalue weighted by Gasteiger charge is 2.22. The number of fused-ring (bicyclic) bond motifs is 1. The van der Waals surface area contributed by atoms with Crippen LogP contribution < -0.4 is 5.32 Å². The molecule has 1 heterocycles. The molecule has 0 aliphatic carbocycles. The maximum Gasteiger partial charge on any atom is 0.243 e. The quantitative estimate of drug-likeness (QED) is 0.282. The molecule has 0 spiro atoms. The van der Waals surface area contributed by atoms with E-state index >= 15 is 0 Å². The summed E-state index contributed by atoms with van der Waals surface area (Å²) in [5, 5.41) is 4.22. The zero-order chi connectivity index (χ0) is 25.8. The Morgan fingerprint density at radius 3 is 2.27 bits per heavy atom. The van der Waals surface area contributed by atoms with Crippen molar-refractivity contribution < 1.29 is 12.8 Å². The van der Waals surface area contributed by atoms with Crippen LogP contribution in [0.4, 0.5) is 10.2 Å². The second-order valence-corrected chi connectivity index (χ2v) is 10.7. The van der Waals surface area contributed by atoms with Gasteiger partial charge in [0.15, 0.2) is 0 Å². The van der Waals surface area contributed by atoms with E-state index in [0.717, 1.165) is 31.9 Å². The smallest absolute Gasteiger partial charge is 0.243 e. The molecule has 0 bridgehead atoms. The number of hydrogen-bond donors (Lipinski definition) is 1. The van der Waals surface area contributed by atoms with Crippen molar-refractivity contribution in [2.45, 2.75) is 18.0 Å². The van der Waals surface area contributed by atoms with Crippen molar-refractivity contribution in [2.75, 3.05) is 12.4 Å².